The molecule has 4 rings (SSSR count). The van der Waals surface area contributed by atoms with Gasteiger partial charge in [0.15, 0.2) is 11.5 Å². The lowest BCUT2D eigenvalue weighted by Crippen LogP contribution is -2.48. The molecule has 0 aliphatic carbocycles. The number of benzene rings is 2. The Bertz CT molecular complexity index is 1000. The molecule has 1 saturated heterocycles. The molecule has 0 radical (unpaired) electrons. The van der Waals surface area contributed by atoms with Gasteiger partial charge in [-0.05, 0) is 30.3 Å². The topological polar surface area (TPSA) is 54.9 Å². The van der Waals surface area contributed by atoms with Crippen molar-refractivity contribution in [2.24, 2.45) is 0 Å². The van der Waals surface area contributed by atoms with E-state index in [1.165, 1.54) is 30.0 Å². The first-order chi connectivity index (χ1) is 14.5. The summed E-state index contributed by atoms with van der Waals surface area (Å²) < 4.78 is 35.6. The molecule has 3 aromatic rings. The Morgan fingerprint density at radius 3 is 2.60 bits per heavy atom. The molecule has 0 atom stereocenters. The number of carbonyl (C=O) groups excluding carboxylic acids is 1. The largest absolute Gasteiger partial charge is 0.493 e. The Kier molecular flexibility index (Phi) is 6.10. The van der Waals surface area contributed by atoms with Crippen LogP contribution in [0.2, 0.25) is 0 Å². The molecule has 0 N–H and O–H groups in total. The van der Waals surface area contributed by atoms with Crippen molar-refractivity contribution in [3.05, 3.63) is 53.0 Å². The maximum atomic E-state index is 12.8. The molecule has 0 spiro atoms. The number of ether oxygens (including phenoxy) is 2. The van der Waals surface area contributed by atoms with Gasteiger partial charge < -0.3 is 14.4 Å². The number of amides is 1. The number of rotatable bonds is 6. The molecule has 158 valence electrons. The highest BCUT2D eigenvalue weighted by molar-refractivity contribution is 7.18. The van der Waals surface area contributed by atoms with Gasteiger partial charge in [-0.1, -0.05) is 12.1 Å². The first-order valence-electron chi connectivity index (χ1n) is 9.52. The molecule has 1 aliphatic rings. The fourth-order valence-corrected chi connectivity index (χ4v) is 4.47. The molecule has 1 aromatic heterocycles. The number of aromatic nitrogens is 1. The average molecular weight is 433 g/mol. The number of alkyl halides is 2. The van der Waals surface area contributed by atoms with E-state index in [2.05, 4.69) is 20.7 Å². The number of carbonyl (C=O) groups is 1. The minimum Gasteiger partial charge on any atom is -0.493 e. The van der Waals surface area contributed by atoms with Crippen molar-refractivity contribution in [3.8, 4) is 11.5 Å². The zero-order valence-electron chi connectivity index (χ0n) is 16.4. The van der Waals surface area contributed by atoms with Crippen LogP contribution in [-0.2, 0) is 6.54 Å². The quantitative estimate of drug-likeness (QED) is 0.591. The number of hydrogen-bond acceptors (Lipinski definition) is 6. The van der Waals surface area contributed by atoms with E-state index in [0.717, 1.165) is 30.2 Å². The second-order valence-electron chi connectivity index (χ2n) is 6.89. The van der Waals surface area contributed by atoms with Crippen molar-refractivity contribution in [3.63, 3.8) is 0 Å². The van der Waals surface area contributed by atoms with E-state index < -0.39 is 6.61 Å². The number of thiazole rings is 1. The molecule has 2 aromatic carbocycles. The molecule has 1 aliphatic heterocycles. The van der Waals surface area contributed by atoms with Crippen LogP contribution in [0.5, 0.6) is 11.5 Å². The Labute approximate surface area is 176 Å². The Hall–Kier alpha value is -2.78. The normalized spacial score (nSPS) is 15.0. The van der Waals surface area contributed by atoms with E-state index in [1.807, 2.05) is 18.2 Å². The van der Waals surface area contributed by atoms with Crippen LogP contribution in [0.4, 0.5) is 8.78 Å². The van der Waals surface area contributed by atoms with Gasteiger partial charge in [0, 0.05) is 31.7 Å². The van der Waals surface area contributed by atoms with Crippen molar-refractivity contribution in [2.45, 2.75) is 13.2 Å². The molecule has 1 amide bonds. The van der Waals surface area contributed by atoms with Gasteiger partial charge in [-0.3, -0.25) is 9.69 Å². The van der Waals surface area contributed by atoms with Crippen LogP contribution in [0.1, 0.15) is 15.4 Å². The SMILES string of the molecule is COc1cc(C(=O)N2CCN(Cc3nc4ccccc4s3)CC2)ccc1OC(F)F. The van der Waals surface area contributed by atoms with Gasteiger partial charge in [0.1, 0.15) is 5.01 Å². The predicted molar refractivity (Wildman–Crippen MR) is 110 cm³/mol. The summed E-state index contributed by atoms with van der Waals surface area (Å²) in [5.74, 6) is -0.142. The van der Waals surface area contributed by atoms with Crippen molar-refractivity contribution in [2.75, 3.05) is 33.3 Å². The van der Waals surface area contributed by atoms with Crippen LogP contribution in [0.25, 0.3) is 10.2 Å². The molecule has 1 fully saturated rings. The first kappa shape index (κ1) is 20.5. The van der Waals surface area contributed by atoms with Crippen LogP contribution in [-0.4, -0.2) is 60.6 Å². The third-order valence-corrected chi connectivity index (χ3v) is 6.00. The molecule has 30 heavy (non-hydrogen) atoms. The van der Waals surface area contributed by atoms with E-state index >= 15 is 0 Å². The van der Waals surface area contributed by atoms with Crippen LogP contribution in [0.15, 0.2) is 42.5 Å². The highest BCUT2D eigenvalue weighted by Crippen LogP contribution is 2.30. The molecule has 0 bridgehead atoms. The van der Waals surface area contributed by atoms with Gasteiger partial charge in [0.2, 0.25) is 0 Å². The lowest BCUT2D eigenvalue weighted by atomic mass is 10.1. The molecule has 0 saturated carbocycles. The van der Waals surface area contributed by atoms with E-state index in [1.54, 1.807) is 16.2 Å². The molecule has 0 unspecified atom stereocenters. The summed E-state index contributed by atoms with van der Waals surface area (Å²) in [6.07, 6.45) is 0. The number of hydrogen-bond donors (Lipinski definition) is 0. The Balaban J connectivity index is 1.37. The highest BCUT2D eigenvalue weighted by atomic mass is 32.1. The predicted octanol–water partition coefficient (Wildman–Crippen LogP) is 3.86. The fourth-order valence-electron chi connectivity index (χ4n) is 3.46. The average Bonchev–Trinajstić information content (AvgIpc) is 3.16. The van der Waals surface area contributed by atoms with Crippen molar-refractivity contribution < 1.29 is 23.0 Å². The number of para-hydroxylation sites is 1. The summed E-state index contributed by atoms with van der Waals surface area (Å²) in [6.45, 7) is 0.456. The minimum absolute atomic E-state index is 0.0929. The molecule has 6 nitrogen and oxygen atoms in total. The smallest absolute Gasteiger partial charge is 0.387 e. The standard InChI is InChI=1S/C21H21F2N3O3S/c1-28-17-12-14(6-7-16(17)29-21(22)23)20(27)26-10-8-25(9-11-26)13-19-24-15-4-2-3-5-18(15)30-19/h2-7,12,21H,8-11,13H2,1H3. The summed E-state index contributed by atoms with van der Waals surface area (Å²) in [4.78, 5) is 21.6. The van der Waals surface area contributed by atoms with Crippen LogP contribution in [0.3, 0.4) is 0 Å². The lowest BCUT2D eigenvalue weighted by Gasteiger charge is -2.34. The zero-order valence-corrected chi connectivity index (χ0v) is 17.2. The molecule has 2 heterocycles. The van der Waals surface area contributed by atoms with E-state index in [4.69, 9.17) is 4.74 Å². The second-order valence-corrected chi connectivity index (χ2v) is 8.00. The summed E-state index contributed by atoms with van der Waals surface area (Å²) in [5.41, 5.74) is 1.40. The Morgan fingerprint density at radius 2 is 1.90 bits per heavy atom. The maximum absolute atomic E-state index is 12.8. The number of methoxy groups -OCH3 is 1. The second kappa shape index (κ2) is 8.93. The molecular formula is C21H21F2N3O3S. The monoisotopic (exact) mass is 433 g/mol. The number of nitrogens with zero attached hydrogens (tertiary/aromatic N) is 3. The van der Waals surface area contributed by atoms with E-state index in [0.29, 0.717) is 18.7 Å². The highest BCUT2D eigenvalue weighted by Gasteiger charge is 2.24. The van der Waals surface area contributed by atoms with Gasteiger partial charge in [-0.25, -0.2) is 4.98 Å². The molecule has 9 heteroatoms. The third kappa shape index (κ3) is 4.52. The fraction of sp³-hybridized carbons (Fsp3) is 0.333. The summed E-state index contributed by atoms with van der Waals surface area (Å²) in [7, 11) is 1.35. The minimum atomic E-state index is -2.95. The number of piperazine rings is 1. The van der Waals surface area contributed by atoms with Crippen molar-refractivity contribution >= 4 is 27.5 Å². The van der Waals surface area contributed by atoms with Gasteiger partial charge in [0.25, 0.3) is 5.91 Å². The number of fused-ring (bicyclic) bond motifs is 1. The van der Waals surface area contributed by atoms with Crippen molar-refractivity contribution in [1.82, 2.24) is 14.8 Å². The number of halogens is 2. The summed E-state index contributed by atoms with van der Waals surface area (Å²) >= 11 is 1.69. The van der Waals surface area contributed by atoms with Gasteiger partial charge in [-0.2, -0.15) is 8.78 Å². The summed E-state index contributed by atoms with van der Waals surface area (Å²) in [5, 5.41) is 1.07. The van der Waals surface area contributed by atoms with E-state index in [-0.39, 0.29) is 17.4 Å². The summed E-state index contributed by atoms with van der Waals surface area (Å²) in [6, 6.07) is 12.3. The zero-order chi connectivity index (χ0) is 21.1. The maximum Gasteiger partial charge on any atom is 0.387 e. The van der Waals surface area contributed by atoms with Crippen LogP contribution in [0, 0.1) is 0 Å². The van der Waals surface area contributed by atoms with E-state index in [9.17, 15) is 13.6 Å². The third-order valence-electron chi connectivity index (χ3n) is 4.98. The molecular weight excluding hydrogens is 412 g/mol. The lowest BCUT2D eigenvalue weighted by molar-refractivity contribution is -0.0512. The van der Waals surface area contributed by atoms with Gasteiger partial charge >= 0.3 is 6.61 Å². The van der Waals surface area contributed by atoms with Crippen LogP contribution < -0.4 is 9.47 Å². The Morgan fingerprint density at radius 1 is 1.13 bits per heavy atom. The van der Waals surface area contributed by atoms with Gasteiger partial charge in [0.05, 0.1) is 23.9 Å². The first-order valence-corrected chi connectivity index (χ1v) is 10.3. The van der Waals surface area contributed by atoms with Crippen LogP contribution >= 0.6 is 11.3 Å². The van der Waals surface area contributed by atoms with Crippen molar-refractivity contribution in [1.29, 1.82) is 0 Å². The van der Waals surface area contributed by atoms with Gasteiger partial charge in [-0.15, -0.1) is 11.3 Å².